The van der Waals surface area contributed by atoms with E-state index in [9.17, 15) is 26.4 Å². The number of carbonyl (C=O) groups is 1. The third kappa shape index (κ3) is 5.40. The summed E-state index contributed by atoms with van der Waals surface area (Å²) in [6, 6.07) is 14.0. The Hall–Kier alpha value is -3.24. The zero-order valence-corrected chi connectivity index (χ0v) is 18.0. The van der Waals surface area contributed by atoms with Crippen molar-refractivity contribution in [1.29, 1.82) is 0 Å². The molecule has 1 aromatic heterocycles. The number of sulfonamides is 1. The SMILES string of the molecule is O=C(Nc1ccc(S(=O)(=O)NCc2ccccc2C(F)(F)F)cc1)C1CC1c1ccncc1. The summed E-state index contributed by atoms with van der Waals surface area (Å²) < 4.78 is 66.6. The normalized spacial score (nSPS) is 18.0. The summed E-state index contributed by atoms with van der Waals surface area (Å²) in [6.45, 7) is -0.505. The molecule has 0 spiro atoms. The third-order valence-corrected chi connectivity index (χ3v) is 6.89. The number of hydrogen-bond donors (Lipinski definition) is 2. The quantitative estimate of drug-likeness (QED) is 0.533. The van der Waals surface area contributed by atoms with E-state index in [1.54, 1.807) is 12.4 Å². The number of nitrogens with one attached hydrogen (secondary N) is 2. The van der Waals surface area contributed by atoms with E-state index in [2.05, 4.69) is 15.0 Å². The summed E-state index contributed by atoms with van der Waals surface area (Å²) in [5.74, 6) is -0.183. The average molecular weight is 475 g/mol. The van der Waals surface area contributed by atoms with E-state index >= 15 is 0 Å². The number of rotatable bonds is 7. The summed E-state index contributed by atoms with van der Waals surface area (Å²) in [7, 11) is -4.05. The van der Waals surface area contributed by atoms with Crippen LogP contribution < -0.4 is 10.0 Å². The topological polar surface area (TPSA) is 88.2 Å². The first-order chi connectivity index (χ1) is 15.6. The lowest BCUT2D eigenvalue weighted by molar-refractivity contribution is -0.138. The molecule has 33 heavy (non-hydrogen) atoms. The Labute approximate surface area is 188 Å². The molecule has 0 bridgehead atoms. The predicted molar refractivity (Wildman–Crippen MR) is 116 cm³/mol. The van der Waals surface area contributed by atoms with Crippen LogP contribution in [0.2, 0.25) is 0 Å². The Balaban J connectivity index is 1.37. The van der Waals surface area contributed by atoms with Crippen molar-refractivity contribution in [3.63, 3.8) is 0 Å². The molecule has 2 aromatic carbocycles. The number of hydrogen-bond acceptors (Lipinski definition) is 4. The number of benzene rings is 2. The van der Waals surface area contributed by atoms with Gasteiger partial charge in [0.05, 0.1) is 10.5 Å². The number of pyridine rings is 1. The highest BCUT2D eigenvalue weighted by molar-refractivity contribution is 7.89. The Kier molecular flexibility index (Phi) is 6.22. The van der Waals surface area contributed by atoms with Crippen molar-refractivity contribution in [2.45, 2.75) is 30.0 Å². The molecule has 1 saturated carbocycles. The first kappa shape index (κ1) is 22.9. The molecular weight excluding hydrogens is 455 g/mol. The molecule has 2 atom stereocenters. The van der Waals surface area contributed by atoms with Gasteiger partial charge in [-0.25, -0.2) is 13.1 Å². The molecule has 4 rings (SSSR count). The van der Waals surface area contributed by atoms with E-state index in [1.807, 2.05) is 12.1 Å². The van der Waals surface area contributed by atoms with Crippen molar-refractivity contribution >= 4 is 21.6 Å². The van der Waals surface area contributed by atoms with Crippen molar-refractivity contribution < 1.29 is 26.4 Å². The first-order valence-corrected chi connectivity index (χ1v) is 11.6. The van der Waals surface area contributed by atoms with Crippen LogP contribution in [0.4, 0.5) is 18.9 Å². The molecule has 1 aliphatic carbocycles. The van der Waals surface area contributed by atoms with Crippen LogP contribution in [0.5, 0.6) is 0 Å². The molecule has 1 heterocycles. The highest BCUT2D eigenvalue weighted by Crippen LogP contribution is 2.47. The van der Waals surface area contributed by atoms with Crippen LogP contribution in [-0.2, 0) is 27.5 Å². The molecule has 0 radical (unpaired) electrons. The average Bonchev–Trinajstić information content (AvgIpc) is 3.60. The fourth-order valence-corrected chi connectivity index (χ4v) is 4.63. The molecule has 2 N–H and O–H groups in total. The zero-order valence-electron chi connectivity index (χ0n) is 17.2. The molecule has 3 aromatic rings. The molecule has 2 unspecified atom stereocenters. The molecule has 10 heteroatoms. The van der Waals surface area contributed by atoms with Crippen LogP contribution in [0, 0.1) is 5.92 Å². The Morgan fingerprint density at radius 3 is 2.33 bits per heavy atom. The lowest BCUT2D eigenvalue weighted by Crippen LogP contribution is -2.25. The van der Waals surface area contributed by atoms with E-state index in [0.29, 0.717) is 5.69 Å². The number of anilines is 1. The van der Waals surface area contributed by atoms with Crippen LogP contribution in [0.1, 0.15) is 29.0 Å². The Bertz CT molecular complexity index is 1250. The standard InChI is InChI=1S/C23H20F3N3O3S/c24-23(25,26)21-4-2-1-3-16(21)14-28-33(31,32)18-7-5-17(6-8-18)29-22(30)20-13-19(20)15-9-11-27-12-10-15/h1-12,19-20,28H,13-14H2,(H,29,30). The van der Waals surface area contributed by atoms with Crippen LogP contribution in [0.3, 0.4) is 0 Å². The van der Waals surface area contributed by atoms with E-state index in [1.165, 1.54) is 42.5 Å². The van der Waals surface area contributed by atoms with Crippen molar-refractivity contribution in [1.82, 2.24) is 9.71 Å². The molecule has 172 valence electrons. The van der Waals surface area contributed by atoms with E-state index in [0.717, 1.165) is 18.1 Å². The third-order valence-electron chi connectivity index (χ3n) is 5.47. The predicted octanol–water partition coefficient (Wildman–Crippen LogP) is 4.32. The van der Waals surface area contributed by atoms with Gasteiger partial charge < -0.3 is 5.32 Å². The maximum absolute atomic E-state index is 13.1. The minimum absolute atomic E-state index is 0.119. The summed E-state index contributed by atoms with van der Waals surface area (Å²) in [4.78, 5) is 16.3. The van der Waals surface area contributed by atoms with E-state index < -0.39 is 28.3 Å². The van der Waals surface area contributed by atoms with Gasteiger partial charge in [-0.15, -0.1) is 0 Å². The van der Waals surface area contributed by atoms with Gasteiger partial charge in [-0.2, -0.15) is 13.2 Å². The molecule has 1 amide bonds. The highest BCUT2D eigenvalue weighted by Gasteiger charge is 2.43. The van der Waals surface area contributed by atoms with Gasteiger partial charge in [-0.1, -0.05) is 18.2 Å². The maximum atomic E-state index is 13.1. The van der Waals surface area contributed by atoms with Gasteiger partial charge in [0.15, 0.2) is 0 Å². The van der Waals surface area contributed by atoms with Crippen LogP contribution in [0.15, 0.2) is 78.0 Å². The van der Waals surface area contributed by atoms with Gasteiger partial charge in [0, 0.05) is 30.5 Å². The summed E-state index contributed by atoms with van der Waals surface area (Å²) >= 11 is 0. The van der Waals surface area contributed by atoms with Gasteiger partial charge in [-0.05, 0) is 65.9 Å². The van der Waals surface area contributed by atoms with Crippen LogP contribution in [-0.4, -0.2) is 19.3 Å². The van der Waals surface area contributed by atoms with Gasteiger partial charge in [0.25, 0.3) is 0 Å². The maximum Gasteiger partial charge on any atom is 0.416 e. The lowest BCUT2D eigenvalue weighted by Gasteiger charge is -2.13. The highest BCUT2D eigenvalue weighted by atomic mass is 32.2. The summed E-state index contributed by atoms with van der Waals surface area (Å²) in [5, 5.41) is 2.77. The fourth-order valence-electron chi connectivity index (χ4n) is 3.62. The number of halogens is 3. The second kappa shape index (κ2) is 8.95. The van der Waals surface area contributed by atoms with Crippen molar-refractivity contribution in [2.75, 3.05) is 5.32 Å². The number of amides is 1. The molecule has 1 aliphatic rings. The molecule has 6 nitrogen and oxygen atoms in total. The largest absolute Gasteiger partial charge is 0.416 e. The summed E-state index contributed by atoms with van der Waals surface area (Å²) in [5.41, 5.74) is 0.410. The first-order valence-electron chi connectivity index (χ1n) is 10.1. The van der Waals surface area contributed by atoms with Crippen molar-refractivity contribution in [3.8, 4) is 0 Å². The molecule has 0 saturated heterocycles. The minimum atomic E-state index is -4.58. The second-order valence-electron chi connectivity index (χ2n) is 7.72. The van der Waals surface area contributed by atoms with E-state index in [-0.39, 0.29) is 28.2 Å². The van der Waals surface area contributed by atoms with Gasteiger partial charge in [0.1, 0.15) is 0 Å². The summed E-state index contributed by atoms with van der Waals surface area (Å²) in [6.07, 6.45) is -0.499. The van der Waals surface area contributed by atoms with Crippen molar-refractivity contribution in [2.24, 2.45) is 5.92 Å². The Morgan fingerprint density at radius 1 is 1.00 bits per heavy atom. The van der Waals surface area contributed by atoms with E-state index in [4.69, 9.17) is 0 Å². The number of aromatic nitrogens is 1. The fraction of sp³-hybridized carbons (Fsp3) is 0.217. The minimum Gasteiger partial charge on any atom is -0.326 e. The monoisotopic (exact) mass is 475 g/mol. The van der Waals surface area contributed by atoms with Gasteiger partial charge in [0.2, 0.25) is 15.9 Å². The number of alkyl halides is 3. The smallest absolute Gasteiger partial charge is 0.326 e. The molecular formula is C23H20F3N3O3S. The van der Waals surface area contributed by atoms with Crippen LogP contribution in [0.25, 0.3) is 0 Å². The Morgan fingerprint density at radius 2 is 1.67 bits per heavy atom. The number of nitrogens with zero attached hydrogens (tertiary/aromatic N) is 1. The molecule has 1 fully saturated rings. The van der Waals surface area contributed by atoms with Gasteiger partial charge in [-0.3, -0.25) is 9.78 Å². The molecule has 0 aliphatic heterocycles. The lowest BCUT2D eigenvalue weighted by atomic mass is 10.1. The van der Waals surface area contributed by atoms with Crippen molar-refractivity contribution in [3.05, 3.63) is 89.7 Å². The number of carbonyl (C=O) groups excluding carboxylic acids is 1. The van der Waals surface area contributed by atoms with Gasteiger partial charge >= 0.3 is 6.18 Å². The zero-order chi connectivity index (χ0) is 23.6. The second-order valence-corrected chi connectivity index (χ2v) is 9.49. The van der Waals surface area contributed by atoms with Crippen LogP contribution >= 0.6 is 0 Å².